The molecule has 2 aromatic rings. The van der Waals surface area contributed by atoms with Crippen LogP contribution in [0.2, 0.25) is 5.02 Å². The third kappa shape index (κ3) is 3.98. The number of carbonyl (C=O) groups excluding carboxylic acids is 1. The van der Waals surface area contributed by atoms with Gasteiger partial charge in [0.15, 0.2) is 5.78 Å². The van der Waals surface area contributed by atoms with Crippen molar-refractivity contribution in [3.05, 3.63) is 70.2 Å². The van der Waals surface area contributed by atoms with Gasteiger partial charge in [-0.05, 0) is 41.8 Å². The lowest BCUT2D eigenvalue weighted by Crippen LogP contribution is -2.01. The number of halogens is 1. The fraction of sp³-hybridized carbons (Fsp3) is 0.125. The van der Waals surface area contributed by atoms with Crippen LogP contribution in [0.1, 0.15) is 27.9 Å². The molecule has 0 saturated heterocycles. The number of hydrogen-bond acceptors (Lipinski definition) is 2. The summed E-state index contributed by atoms with van der Waals surface area (Å²) >= 11 is 10.6. The van der Waals surface area contributed by atoms with E-state index in [1.165, 1.54) is 0 Å². The van der Waals surface area contributed by atoms with Gasteiger partial charge >= 0.3 is 0 Å². The van der Waals surface area contributed by atoms with Crippen LogP contribution >= 0.6 is 23.8 Å². The van der Waals surface area contributed by atoms with Gasteiger partial charge in [-0.25, -0.2) is 0 Å². The Morgan fingerprint density at radius 3 is 2.26 bits per heavy atom. The summed E-state index contributed by atoms with van der Waals surface area (Å²) in [7, 11) is 0. The highest BCUT2D eigenvalue weighted by molar-refractivity contribution is 7.79. The fourth-order valence-electron chi connectivity index (χ4n) is 1.80. The first-order valence-corrected chi connectivity index (χ1v) is 6.87. The molecule has 0 aliphatic heterocycles. The van der Waals surface area contributed by atoms with Gasteiger partial charge in [0, 0.05) is 22.4 Å². The second-order valence-electron chi connectivity index (χ2n) is 4.29. The summed E-state index contributed by atoms with van der Waals surface area (Å²) in [5.41, 5.74) is 2.87. The standard InChI is InChI=1S/C16H13ClOS/c17-15-8-6-14(7-9-15)16(18)10-5-12-1-3-13(11-19)4-2-12/h1-4,6-9,11H,5,10H2. The van der Waals surface area contributed by atoms with Crippen LogP contribution in [0.15, 0.2) is 48.5 Å². The van der Waals surface area contributed by atoms with E-state index in [9.17, 15) is 4.79 Å². The molecule has 0 bridgehead atoms. The van der Waals surface area contributed by atoms with E-state index in [1.54, 1.807) is 29.6 Å². The van der Waals surface area contributed by atoms with E-state index in [1.807, 2.05) is 24.3 Å². The number of aryl methyl sites for hydroxylation is 1. The molecule has 0 heterocycles. The normalized spacial score (nSPS) is 10.2. The zero-order chi connectivity index (χ0) is 13.7. The highest BCUT2D eigenvalue weighted by atomic mass is 35.5. The van der Waals surface area contributed by atoms with Gasteiger partial charge in [0.25, 0.3) is 0 Å². The predicted molar refractivity (Wildman–Crippen MR) is 83.3 cm³/mol. The highest BCUT2D eigenvalue weighted by Gasteiger charge is 2.05. The van der Waals surface area contributed by atoms with Crippen LogP contribution in [0.5, 0.6) is 0 Å². The van der Waals surface area contributed by atoms with Gasteiger partial charge < -0.3 is 0 Å². The average molecular weight is 289 g/mol. The summed E-state index contributed by atoms with van der Waals surface area (Å²) in [5, 5.41) is 2.29. The van der Waals surface area contributed by atoms with Gasteiger partial charge in [-0.2, -0.15) is 0 Å². The van der Waals surface area contributed by atoms with Gasteiger partial charge in [0.1, 0.15) is 0 Å². The van der Waals surface area contributed by atoms with E-state index < -0.39 is 0 Å². The summed E-state index contributed by atoms with van der Waals surface area (Å²) in [6.07, 6.45) is 1.23. The van der Waals surface area contributed by atoms with Crippen LogP contribution in [0, 0.1) is 0 Å². The van der Waals surface area contributed by atoms with Gasteiger partial charge in [-0.1, -0.05) is 48.1 Å². The van der Waals surface area contributed by atoms with E-state index in [-0.39, 0.29) is 5.78 Å². The van der Waals surface area contributed by atoms with Crippen molar-refractivity contribution >= 4 is 35.0 Å². The topological polar surface area (TPSA) is 17.1 Å². The first-order chi connectivity index (χ1) is 9.19. The Bertz CT molecular complexity index is 573. The molecule has 0 atom stereocenters. The molecule has 0 fully saturated rings. The van der Waals surface area contributed by atoms with Crippen molar-refractivity contribution < 1.29 is 4.79 Å². The van der Waals surface area contributed by atoms with Crippen molar-refractivity contribution in [1.29, 1.82) is 0 Å². The molecule has 0 radical (unpaired) electrons. The molecule has 19 heavy (non-hydrogen) atoms. The summed E-state index contributed by atoms with van der Waals surface area (Å²) in [5.74, 6) is 0.135. The van der Waals surface area contributed by atoms with Gasteiger partial charge in [-0.3, -0.25) is 4.79 Å². The number of rotatable bonds is 5. The SMILES string of the molecule is O=C(CCc1ccc(C=S)cc1)c1ccc(Cl)cc1. The minimum atomic E-state index is 0.135. The molecule has 0 unspecified atom stereocenters. The van der Waals surface area contributed by atoms with Crippen molar-refractivity contribution in [2.75, 3.05) is 0 Å². The van der Waals surface area contributed by atoms with Crippen LogP contribution < -0.4 is 0 Å². The molecule has 0 aliphatic rings. The molecule has 0 aromatic heterocycles. The second kappa shape index (κ2) is 6.60. The first kappa shape index (κ1) is 13.9. The smallest absolute Gasteiger partial charge is 0.163 e. The van der Waals surface area contributed by atoms with Crippen LogP contribution in [0.4, 0.5) is 0 Å². The minimum Gasteiger partial charge on any atom is -0.294 e. The highest BCUT2D eigenvalue weighted by Crippen LogP contribution is 2.13. The third-order valence-electron chi connectivity index (χ3n) is 2.92. The van der Waals surface area contributed by atoms with Crippen molar-refractivity contribution in [2.45, 2.75) is 12.8 Å². The lowest BCUT2D eigenvalue weighted by molar-refractivity contribution is 0.0983. The van der Waals surface area contributed by atoms with Crippen molar-refractivity contribution in [3.63, 3.8) is 0 Å². The summed E-state index contributed by atoms with van der Waals surface area (Å²) < 4.78 is 0. The molecule has 96 valence electrons. The molecule has 0 amide bonds. The summed E-state index contributed by atoms with van der Waals surface area (Å²) in [6.45, 7) is 0. The van der Waals surface area contributed by atoms with Crippen molar-refractivity contribution in [1.82, 2.24) is 0 Å². The van der Waals surface area contributed by atoms with E-state index in [4.69, 9.17) is 23.8 Å². The minimum absolute atomic E-state index is 0.135. The summed E-state index contributed by atoms with van der Waals surface area (Å²) in [6, 6.07) is 15.0. The molecule has 0 saturated carbocycles. The van der Waals surface area contributed by atoms with Gasteiger partial charge in [-0.15, -0.1) is 0 Å². The summed E-state index contributed by atoms with van der Waals surface area (Å²) in [4.78, 5) is 12.0. The maximum Gasteiger partial charge on any atom is 0.163 e. The average Bonchev–Trinajstić information content (AvgIpc) is 2.46. The Labute approximate surface area is 123 Å². The monoisotopic (exact) mass is 288 g/mol. The van der Waals surface area contributed by atoms with Gasteiger partial charge in [0.05, 0.1) is 0 Å². The maximum absolute atomic E-state index is 12.0. The van der Waals surface area contributed by atoms with Crippen LogP contribution in [-0.2, 0) is 6.42 Å². The zero-order valence-corrected chi connectivity index (χ0v) is 11.9. The van der Waals surface area contributed by atoms with Crippen LogP contribution in [-0.4, -0.2) is 11.2 Å². The number of hydrogen-bond donors (Lipinski definition) is 0. The predicted octanol–water partition coefficient (Wildman–Crippen LogP) is 4.50. The Morgan fingerprint density at radius 2 is 1.68 bits per heavy atom. The van der Waals surface area contributed by atoms with E-state index in [2.05, 4.69) is 0 Å². The zero-order valence-electron chi connectivity index (χ0n) is 10.3. The quantitative estimate of drug-likeness (QED) is 0.595. The second-order valence-corrected chi connectivity index (χ2v) is 4.96. The fourth-order valence-corrected chi connectivity index (χ4v) is 2.08. The van der Waals surface area contributed by atoms with E-state index in [0.29, 0.717) is 17.0 Å². The molecule has 2 rings (SSSR count). The first-order valence-electron chi connectivity index (χ1n) is 6.02. The molecule has 0 N–H and O–H groups in total. The number of ketones is 1. The van der Waals surface area contributed by atoms with Crippen molar-refractivity contribution in [3.8, 4) is 0 Å². The third-order valence-corrected chi connectivity index (χ3v) is 3.45. The molecule has 0 aliphatic carbocycles. The molecular formula is C16H13ClOS. The molecule has 2 aromatic carbocycles. The number of carbonyl (C=O) groups is 1. The van der Waals surface area contributed by atoms with Crippen molar-refractivity contribution in [2.24, 2.45) is 0 Å². The lowest BCUT2D eigenvalue weighted by Gasteiger charge is -2.03. The van der Waals surface area contributed by atoms with E-state index >= 15 is 0 Å². The number of Topliss-reactive ketones (excluding diaryl/α,β-unsaturated/α-hetero) is 1. The maximum atomic E-state index is 12.0. The number of benzene rings is 2. The molecular weight excluding hydrogens is 276 g/mol. The number of thiocarbonyl (C=S) groups is 1. The Morgan fingerprint density at radius 1 is 1.05 bits per heavy atom. The lowest BCUT2D eigenvalue weighted by atomic mass is 10.0. The van der Waals surface area contributed by atoms with Crippen LogP contribution in [0.3, 0.4) is 0 Å². The molecule has 1 nitrogen and oxygen atoms in total. The molecule has 0 spiro atoms. The largest absolute Gasteiger partial charge is 0.294 e. The Hall–Kier alpha value is -1.51. The Balaban J connectivity index is 1.96. The van der Waals surface area contributed by atoms with E-state index in [0.717, 1.165) is 17.5 Å². The van der Waals surface area contributed by atoms with Crippen LogP contribution in [0.25, 0.3) is 0 Å². The molecule has 3 heteroatoms. The Kier molecular flexibility index (Phi) is 4.83. The van der Waals surface area contributed by atoms with Gasteiger partial charge in [0.2, 0.25) is 0 Å².